The van der Waals surface area contributed by atoms with Crippen LogP contribution >= 0.6 is 0 Å². The van der Waals surface area contributed by atoms with Gasteiger partial charge in [0.15, 0.2) is 0 Å². The second kappa shape index (κ2) is 11.5. The van der Waals surface area contributed by atoms with E-state index in [-0.39, 0.29) is 30.3 Å². The minimum atomic E-state index is -0.512. The lowest BCUT2D eigenvalue weighted by Crippen LogP contribution is -2.36. The van der Waals surface area contributed by atoms with Crippen molar-refractivity contribution in [2.24, 2.45) is 17.6 Å². The Labute approximate surface area is 115 Å². The first kappa shape index (κ1) is 19.7. The van der Waals surface area contributed by atoms with E-state index in [0.29, 0.717) is 0 Å². The van der Waals surface area contributed by atoms with Crippen molar-refractivity contribution in [2.75, 3.05) is 13.7 Å². The summed E-state index contributed by atoms with van der Waals surface area (Å²) in [6.07, 6.45) is 1.62. The van der Waals surface area contributed by atoms with Crippen molar-refractivity contribution in [2.45, 2.75) is 40.5 Å². The Balaban J connectivity index is 0. The molecule has 0 bridgehead atoms. The van der Waals surface area contributed by atoms with Crippen LogP contribution in [0.2, 0.25) is 0 Å². The molecule has 0 fully saturated rings. The monoisotopic (exact) mass is 274 g/mol. The highest BCUT2D eigenvalue weighted by Crippen LogP contribution is 2.00. The van der Waals surface area contributed by atoms with Crippen molar-refractivity contribution in [1.29, 1.82) is 0 Å². The van der Waals surface area contributed by atoms with Gasteiger partial charge in [0, 0.05) is 5.92 Å². The van der Waals surface area contributed by atoms with Gasteiger partial charge in [-0.2, -0.15) is 0 Å². The van der Waals surface area contributed by atoms with E-state index in [4.69, 9.17) is 5.73 Å². The van der Waals surface area contributed by atoms with Gasteiger partial charge in [-0.05, 0) is 12.8 Å². The SMILES string of the molecule is CCC(C)C(=O)NCC(N)=O.CCC(C)C(=O)OC. The van der Waals surface area contributed by atoms with Gasteiger partial charge in [0.1, 0.15) is 0 Å². The van der Waals surface area contributed by atoms with Crippen LogP contribution in [0, 0.1) is 11.8 Å². The first-order chi connectivity index (χ1) is 8.79. The fraction of sp³-hybridized carbons (Fsp3) is 0.769. The molecule has 0 aliphatic carbocycles. The standard InChI is InChI=1S/C7H14N2O2.C6H12O2/c1-3-5(2)7(11)9-4-6(8)10;1-4-5(2)6(7)8-3/h5H,3-4H2,1-2H3,(H2,8,10)(H,9,11);5H,4H2,1-3H3. The Bertz CT molecular complexity index is 292. The molecule has 0 radical (unpaired) electrons. The van der Waals surface area contributed by atoms with Crippen LogP contribution in [0.25, 0.3) is 0 Å². The number of rotatable bonds is 6. The summed E-state index contributed by atoms with van der Waals surface area (Å²) in [6.45, 7) is 7.46. The Morgan fingerprint density at radius 2 is 1.58 bits per heavy atom. The second-order valence-corrected chi connectivity index (χ2v) is 4.33. The number of carbonyl (C=O) groups is 3. The second-order valence-electron chi connectivity index (χ2n) is 4.33. The number of hydrogen-bond acceptors (Lipinski definition) is 4. The summed E-state index contributed by atoms with van der Waals surface area (Å²) in [5.74, 6) is -0.741. The van der Waals surface area contributed by atoms with Gasteiger partial charge >= 0.3 is 5.97 Å². The maximum Gasteiger partial charge on any atom is 0.308 e. The molecule has 6 nitrogen and oxygen atoms in total. The molecule has 0 saturated carbocycles. The molecule has 2 amide bonds. The molecule has 0 aromatic rings. The lowest BCUT2D eigenvalue weighted by Gasteiger charge is -2.07. The largest absolute Gasteiger partial charge is 0.469 e. The number of nitrogens with two attached hydrogens (primary N) is 1. The molecule has 6 heteroatoms. The molecule has 0 heterocycles. The van der Waals surface area contributed by atoms with Gasteiger partial charge in [-0.25, -0.2) is 0 Å². The van der Waals surface area contributed by atoms with Crippen LogP contribution in [0.4, 0.5) is 0 Å². The van der Waals surface area contributed by atoms with Gasteiger partial charge in [0.25, 0.3) is 0 Å². The van der Waals surface area contributed by atoms with E-state index in [9.17, 15) is 14.4 Å². The molecule has 0 spiro atoms. The first-order valence-corrected chi connectivity index (χ1v) is 6.43. The molecular formula is C13H26N2O4. The molecule has 0 aromatic heterocycles. The topological polar surface area (TPSA) is 98.5 Å². The van der Waals surface area contributed by atoms with E-state index in [1.165, 1.54) is 7.11 Å². The van der Waals surface area contributed by atoms with Crippen LogP contribution in [0.3, 0.4) is 0 Å². The third-order valence-corrected chi connectivity index (χ3v) is 2.71. The zero-order valence-corrected chi connectivity index (χ0v) is 12.5. The summed E-state index contributed by atoms with van der Waals surface area (Å²) in [5, 5.41) is 2.42. The predicted octanol–water partition coefficient (Wildman–Crippen LogP) is 0.840. The summed E-state index contributed by atoms with van der Waals surface area (Å²) in [7, 11) is 1.41. The number of carbonyl (C=O) groups excluding carboxylic acids is 3. The number of esters is 1. The quantitative estimate of drug-likeness (QED) is 0.701. The molecule has 19 heavy (non-hydrogen) atoms. The zero-order valence-electron chi connectivity index (χ0n) is 12.5. The fourth-order valence-electron chi connectivity index (χ4n) is 0.902. The Morgan fingerprint density at radius 3 is 1.84 bits per heavy atom. The molecule has 3 N–H and O–H groups in total. The molecule has 0 rings (SSSR count). The van der Waals surface area contributed by atoms with E-state index in [1.54, 1.807) is 6.92 Å². The van der Waals surface area contributed by atoms with Crippen LogP contribution in [0.1, 0.15) is 40.5 Å². The molecule has 0 aromatic carbocycles. The zero-order chi connectivity index (χ0) is 15.4. The van der Waals surface area contributed by atoms with Gasteiger partial charge in [0.2, 0.25) is 11.8 Å². The van der Waals surface area contributed by atoms with Crippen molar-refractivity contribution in [3.63, 3.8) is 0 Å². The van der Waals surface area contributed by atoms with Crippen LogP contribution in [0.15, 0.2) is 0 Å². The Kier molecular flexibility index (Phi) is 11.9. The maximum atomic E-state index is 11.0. The third-order valence-electron chi connectivity index (χ3n) is 2.71. The number of primary amides is 1. The van der Waals surface area contributed by atoms with Crippen LogP contribution in [0.5, 0.6) is 0 Å². The molecule has 2 unspecified atom stereocenters. The van der Waals surface area contributed by atoms with Crippen molar-refractivity contribution in [3.05, 3.63) is 0 Å². The average molecular weight is 274 g/mol. The van der Waals surface area contributed by atoms with Crippen molar-refractivity contribution < 1.29 is 19.1 Å². The van der Waals surface area contributed by atoms with Gasteiger partial charge in [-0.3, -0.25) is 14.4 Å². The number of nitrogens with one attached hydrogen (secondary N) is 1. The highest BCUT2D eigenvalue weighted by atomic mass is 16.5. The van der Waals surface area contributed by atoms with Gasteiger partial charge in [-0.1, -0.05) is 27.7 Å². The molecule has 112 valence electrons. The number of ether oxygens (including phenoxy) is 1. The lowest BCUT2D eigenvalue weighted by molar-refractivity contribution is -0.144. The minimum Gasteiger partial charge on any atom is -0.469 e. The predicted molar refractivity (Wildman–Crippen MR) is 73.1 cm³/mol. The van der Waals surface area contributed by atoms with Crippen LogP contribution in [-0.2, 0) is 19.1 Å². The minimum absolute atomic E-state index is 0.0469. The lowest BCUT2D eigenvalue weighted by atomic mass is 10.1. The summed E-state index contributed by atoms with van der Waals surface area (Å²) < 4.78 is 4.46. The van der Waals surface area contributed by atoms with Gasteiger partial charge in [-0.15, -0.1) is 0 Å². The van der Waals surface area contributed by atoms with E-state index in [1.807, 2.05) is 20.8 Å². The highest BCUT2D eigenvalue weighted by molar-refractivity contribution is 5.84. The molecule has 2 atom stereocenters. The summed E-state index contributed by atoms with van der Waals surface area (Å²) in [6, 6.07) is 0. The Morgan fingerprint density at radius 1 is 1.11 bits per heavy atom. The van der Waals surface area contributed by atoms with Crippen LogP contribution < -0.4 is 11.1 Å². The first-order valence-electron chi connectivity index (χ1n) is 6.43. The molecule has 0 aliphatic heterocycles. The normalized spacial score (nSPS) is 12.5. The number of methoxy groups -OCH3 is 1. The summed E-state index contributed by atoms with van der Waals surface area (Å²) in [5.41, 5.74) is 4.83. The fourth-order valence-corrected chi connectivity index (χ4v) is 0.902. The maximum absolute atomic E-state index is 11.0. The summed E-state index contributed by atoms with van der Waals surface area (Å²) >= 11 is 0. The molecule has 0 aliphatic rings. The van der Waals surface area contributed by atoms with Gasteiger partial charge in [0.05, 0.1) is 19.6 Å². The number of hydrogen-bond donors (Lipinski definition) is 2. The van der Waals surface area contributed by atoms with E-state index in [2.05, 4.69) is 10.1 Å². The average Bonchev–Trinajstić information content (AvgIpc) is 2.42. The summed E-state index contributed by atoms with van der Waals surface area (Å²) in [4.78, 5) is 31.7. The van der Waals surface area contributed by atoms with Crippen molar-refractivity contribution in [3.8, 4) is 0 Å². The van der Waals surface area contributed by atoms with Crippen molar-refractivity contribution in [1.82, 2.24) is 5.32 Å². The van der Waals surface area contributed by atoms with E-state index >= 15 is 0 Å². The van der Waals surface area contributed by atoms with Crippen molar-refractivity contribution >= 4 is 17.8 Å². The molecule has 0 saturated heterocycles. The van der Waals surface area contributed by atoms with E-state index < -0.39 is 5.91 Å². The Hall–Kier alpha value is -1.59. The van der Waals surface area contributed by atoms with E-state index in [0.717, 1.165) is 12.8 Å². The van der Waals surface area contributed by atoms with Gasteiger partial charge < -0.3 is 15.8 Å². The highest BCUT2D eigenvalue weighted by Gasteiger charge is 2.09. The number of amides is 2. The molecular weight excluding hydrogens is 248 g/mol. The smallest absolute Gasteiger partial charge is 0.308 e. The van der Waals surface area contributed by atoms with Crippen LogP contribution in [-0.4, -0.2) is 31.4 Å². The third kappa shape index (κ3) is 11.2.